The van der Waals surface area contributed by atoms with Gasteiger partial charge in [-0.2, -0.15) is 5.10 Å². The lowest BCUT2D eigenvalue weighted by Crippen LogP contribution is -1.86. The highest BCUT2D eigenvalue weighted by Gasteiger charge is 2.04. The second-order valence-electron chi connectivity index (χ2n) is 3.80. The van der Waals surface area contributed by atoms with Gasteiger partial charge in [0.25, 0.3) is 0 Å². The molecule has 0 unspecified atom stereocenters. The Bertz CT molecular complexity index is 690. The first-order valence-corrected chi connectivity index (χ1v) is 5.51. The molecule has 4 nitrogen and oxygen atoms in total. The summed E-state index contributed by atoms with van der Waals surface area (Å²) < 4.78 is 1.75. The summed E-state index contributed by atoms with van der Waals surface area (Å²) in [5.41, 5.74) is 3.63. The molecule has 0 aliphatic heterocycles. The normalized spacial score (nSPS) is 10.9. The zero-order valence-corrected chi connectivity index (χ0v) is 9.89. The minimum absolute atomic E-state index is 0.475. The minimum atomic E-state index is 0.475. The first kappa shape index (κ1) is 10.2. The van der Waals surface area contributed by atoms with E-state index in [2.05, 4.69) is 15.1 Å². The average Bonchev–Trinajstić information content (AvgIpc) is 2.75. The molecule has 3 rings (SSSR count). The number of rotatable bonds is 1. The van der Waals surface area contributed by atoms with Crippen LogP contribution in [0.5, 0.6) is 0 Å². The maximum absolute atomic E-state index is 5.87. The predicted octanol–water partition coefficient (Wildman–Crippen LogP) is 2.68. The van der Waals surface area contributed by atoms with E-state index in [1.165, 1.54) is 0 Å². The molecular weight excluding hydrogens is 236 g/mol. The van der Waals surface area contributed by atoms with Crippen LogP contribution in [-0.2, 0) is 7.05 Å². The van der Waals surface area contributed by atoms with Gasteiger partial charge in [0, 0.05) is 30.6 Å². The van der Waals surface area contributed by atoms with Crippen molar-refractivity contribution in [2.45, 2.75) is 0 Å². The lowest BCUT2D eigenvalue weighted by Gasteiger charge is -2.00. The molecule has 17 heavy (non-hydrogen) atoms. The summed E-state index contributed by atoms with van der Waals surface area (Å²) in [5.74, 6) is 0. The summed E-state index contributed by atoms with van der Waals surface area (Å²) in [7, 11) is 1.88. The van der Waals surface area contributed by atoms with Crippen molar-refractivity contribution in [2.75, 3.05) is 0 Å². The fourth-order valence-electron chi connectivity index (χ4n) is 1.71. The van der Waals surface area contributed by atoms with E-state index in [9.17, 15) is 0 Å². The molecule has 0 N–H and O–H groups in total. The number of hydrogen-bond acceptors (Lipinski definition) is 3. The summed E-state index contributed by atoms with van der Waals surface area (Å²) in [6.07, 6.45) is 5.55. The van der Waals surface area contributed by atoms with Crippen LogP contribution in [0.2, 0.25) is 5.15 Å². The number of halogens is 1. The Balaban J connectivity index is 2.18. The van der Waals surface area contributed by atoms with Crippen LogP contribution in [0.3, 0.4) is 0 Å². The van der Waals surface area contributed by atoms with E-state index in [4.69, 9.17) is 11.6 Å². The molecule has 5 heteroatoms. The van der Waals surface area contributed by atoms with E-state index in [1.807, 2.05) is 31.6 Å². The lowest BCUT2D eigenvalue weighted by atomic mass is 10.1. The maximum atomic E-state index is 5.87. The number of hydrogen-bond donors (Lipinski definition) is 0. The fraction of sp³-hybridized carbons (Fsp3) is 0.0833. The van der Waals surface area contributed by atoms with Crippen molar-refractivity contribution in [3.63, 3.8) is 0 Å². The van der Waals surface area contributed by atoms with E-state index in [0.717, 1.165) is 22.2 Å². The molecule has 0 aliphatic rings. The quantitative estimate of drug-likeness (QED) is 0.618. The van der Waals surface area contributed by atoms with E-state index >= 15 is 0 Å². The number of aryl methyl sites for hydroxylation is 1. The number of pyridine rings is 2. The lowest BCUT2D eigenvalue weighted by molar-refractivity contribution is 0.768. The summed E-state index contributed by atoms with van der Waals surface area (Å²) >= 11 is 5.87. The van der Waals surface area contributed by atoms with Crippen molar-refractivity contribution >= 4 is 22.6 Å². The highest BCUT2D eigenvalue weighted by Crippen LogP contribution is 2.21. The third-order valence-corrected chi connectivity index (χ3v) is 2.75. The Morgan fingerprint density at radius 1 is 1.12 bits per heavy atom. The van der Waals surface area contributed by atoms with Crippen molar-refractivity contribution in [3.8, 4) is 11.1 Å². The van der Waals surface area contributed by atoms with Gasteiger partial charge in [0.2, 0.25) is 0 Å². The van der Waals surface area contributed by atoms with E-state index in [0.29, 0.717) is 5.15 Å². The Hall–Kier alpha value is -1.94. The molecule has 3 aromatic heterocycles. The molecule has 3 heterocycles. The molecule has 84 valence electrons. The van der Waals surface area contributed by atoms with Crippen LogP contribution < -0.4 is 0 Å². The molecule has 0 spiro atoms. The third kappa shape index (κ3) is 1.87. The van der Waals surface area contributed by atoms with Crippen molar-refractivity contribution in [3.05, 3.63) is 41.9 Å². The van der Waals surface area contributed by atoms with Gasteiger partial charge >= 0.3 is 0 Å². The average molecular weight is 245 g/mol. The van der Waals surface area contributed by atoms with Crippen LogP contribution in [0, 0.1) is 0 Å². The monoisotopic (exact) mass is 244 g/mol. The zero-order valence-electron chi connectivity index (χ0n) is 9.13. The fourth-order valence-corrected chi connectivity index (χ4v) is 1.86. The standard InChI is InChI=1S/C12H9ClN4/c1-17-7-9(6-15-17)8-4-11-10(14-5-8)2-3-12(13)16-11/h2-7H,1H3. The van der Waals surface area contributed by atoms with Crippen LogP contribution in [-0.4, -0.2) is 19.7 Å². The van der Waals surface area contributed by atoms with Gasteiger partial charge in [-0.05, 0) is 18.2 Å². The second-order valence-corrected chi connectivity index (χ2v) is 4.19. The molecule has 0 saturated carbocycles. The smallest absolute Gasteiger partial charge is 0.129 e. The highest BCUT2D eigenvalue weighted by molar-refractivity contribution is 6.29. The van der Waals surface area contributed by atoms with Gasteiger partial charge in [-0.15, -0.1) is 0 Å². The molecule has 0 fully saturated rings. The van der Waals surface area contributed by atoms with Gasteiger partial charge in [-0.25, -0.2) is 4.98 Å². The van der Waals surface area contributed by atoms with Gasteiger partial charge in [0.15, 0.2) is 0 Å². The summed E-state index contributed by atoms with van der Waals surface area (Å²) in [5, 5.41) is 4.61. The second kappa shape index (κ2) is 3.82. The molecule has 0 atom stereocenters. The molecule has 0 aromatic carbocycles. The van der Waals surface area contributed by atoms with Crippen LogP contribution in [0.25, 0.3) is 22.2 Å². The molecular formula is C12H9ClN4. The van der Waals surface area contributed by atoms with Crippen molar-refractivity contribution in [2.24, 2.45) is 7.05 Å². The number of fused-ring (bicyclic) bond motifs is 1. The third-order valence-electron chi connectivity index (χ3n) is 2.54. The summed E-state index contributed by atoms with van der Waals surface area (Å²) in [6.45, 7) is 0. The van der Waals surface area contributed by atoms with Crippen LogP contribution in [0.4, 0.5) is 0 Å². The minimum Gasteiger partial charge on any atom is -0.275 e. The van der Waals surface area contributed by atoms with Gasteiger partial charge in [-0.3, -0.25) is 9.67 Å². The maximum Gasteiger partial charge on any atom is 0.129 e. The molecule has 0 amide bonds. The number of nitrogens with zero attached hydrogens (tertiary/aromatic N) is 4. The van der Waals surface area contributed by atoms with Crippen molar-refractivity contribution < 1.29 is 0 Å². The molecule has 0 bridgehead atoms. The molecule has 0 saturated heterocycles. The van der Waals surface area contributed by atoms with Crippen LogP contribution >= 0.6 is 11.6 Å². The van der Waals surface area contributed by atoms with Crippen molar-refractivity contribution in [1.29, 1.82) is 0 Å². The molecule has 0 radical (unpaired) electrons. The Kier molecular flexibility index (Phi) is 2.30. The molecule has 0 aliphatic carbocycles. The first-order chi connectivity index (χ1) is 8.22. The van der Waals surface area contributed by atoms with Gasteiger partial charge in [0.05, 0.1) is 17.2 Å². The first-order valence-electron chi connectivity index (χ1n) is 5.14. The Morgan fingerprint density at radius 2 is 2.00 bits per heavy atom. The Morgan fingerprint density at radius 3 is 2.76 bits per heavy atom. The van der Waals surface area contributed by atoms with Gasteiger partial charge < -0.3 is 0 Å². The van der Waals surface area contributed by atoms with Crippen LogP contribution in [0.15, 0.2) is 36.8 Å². The SMILES string of the molecule is Cn1cc(-c2cnc3ccc(Cl)nc3c2)cn1. The van der Waals surface area contributed by atoms with E-state index in [1.54, 1.807) is 16.9 Å². The highest BCUT2D eigenvalue weighted by atomic mass is 35.5. The molecule has 3 aromatic rings. The Labute approximate surface area is 103 Å². The number of aromatic nitrogens is 4. The largest absolute Gasteiger partial charge is 0.275 e. The summed E-state index contributed by atoms with van der Waals surface area (Å²) in [6, 6.07) is 5.56. The van der Waals surface area contributed by atoms with Gasteiger partial charge in [0.1, 0.15) is 5.15 Å². The van der Waals surface area contributed by atoms with E-state index < -0.39 is 0 Å². The topological polar surface area (TPSA) is 43.6 Å². The van der Waals surface area contributed by atoms with E-state index in [-0.39, 0.29) is 0 Å². The zero-order chi connectivity index (χ0) is 11.8. The summed E-state index contributed by atoms with van der Waals surface area (Å²) in [4.78, 5) is 8.59. The van der Waals surface area contributed by atoms with Gasteiger partial charge in [-0.1, -0.05) is 11.6 Å². The van der Waals surface area contributed by atoms with Crippen molar-refractivity contribution in [1.82, 2.24) is 19.7 Å². The van der Waals surface area contributed by atoms with Crippen LogP contribution in [0.1, 0.15) is 0 Å². The predicted molar refractivity (Wildman–Crippen MR) is 66.8 cm³/mol.